The van der Waals surface area contributed by atoms with E-state index in [4.69, 9.17) is 0 Å². The minimum absolute atomic E-state index is 0.119. The second-order valence-corrected chi connectivity index (χ2v) is 5.35. The molecule has 0 aliphatic heterocycles. The third-order valence-electron chi connectivity index (χ3n) is 3.48. The first-order valence-electron chi connectivity index (χ1n) is 6.72. The Morgan fingerprint density at radius 1 is 1.14 bits per heavy atom. The SMILES string of the molecule is CCc1ccc(N(C)c2ccc(CBr)cc2[N+](=O)[O-])cc1. The van der Waals surface area contributed by atoms with Gasteiger partial charge in [0.05, 0.1) is 4.92 Å². The molecule has 4 nitrogen and oxygen atoms in total. The van der Waals surface area contributed by atoms with Gasteiger partial charge >= 0.3 is 0 Å². The molecule has 0 saturated heterocycles. The van der Waals surface area contributed by atoms with Crippen LogP contribution in [0.5, 0.6) is 0 Å². The fourth-order valence-electron chi connectivity index (χ4n) is 2.18. The molecule has 0 amide bonds. The summed E-state index contributed by atoms with van der Waals surface area (Å²) < 4.78 is 0. The summed E-state index contributed by atoms with van der Waals surface area (Å²) in [5.41, 5.74) is 3.78. The van der Waals surface area contributed by atoms with Crippen molar-refractivity contribution >= 4 is 33.0 Å². The third kappa shape index (κ3) is 3.42. The summed E-state index contributed by atoms with van der Waals surface area (Å²) >= 11 is 3.33. The second-order valence-electron chi connectivity index (χ2n) is 4.79. The molecule has 110 valence electrons. The normalized spacial score (nSPS) is 10.4. The van der Waals surface area contributed by atoms with Crippen molar-refractivity contribution in [1.29, 1.82) is 0 Å². The number of halogens is 1. The van der Waals surface area contributed by atoms with Crippen LogP contribution in [0.25, 0.3) is 0 Å². The molecule has 0 fully saturated rings. The Morgan fingerprint density at radius 3 is 2.29 bits per heavy atom. The predicted octanol–water partition coefficient (Wildman–Crippen LogP) is 4.82. The molecule has 2 rings (SSSR count). The number of benzene rings is 2. The van der Waals surface area contributed by atoms with Crippen LogP contribution in [-0.4, -0.2) is 12.0 Å². The molecule has 21 heavy (non-hydrogen) atoms. The number of hydrogen-bond acceptors (Lipinski definition) is 3. The maximum atomic E-state index is 11.3. The zero-order valence-corrected chi connectivity index (χ0v) is 13.6. The lowest BCUT2D eigenvalue weighted by atomic mass is 10.1. The zero-order chi connectivity index (χ0) is 15.4. The minimum Gasteiger partial charge on any atom is -0.339 e. The molecule has 0 atom stereocenters. The van der Waals surface area contributed by atoms with Crippen molar-refractivity contribution in [3.8, 4) is 0 Å². The summed E-state index contributed by atoms with van der Waals surface area (Å²) in [6.45, 7) is 2.10. The van der Waals surface area contributed by atoms with Gasteiger partial charge in [-0.1, -0.05) is 41.1 Å². The highest BCUT2D eigenvalue weighted by atomic mass is 79.9. The average molecular weight is 349 g/mol. The van der Waals surface area contributed by atoms with Crippen LogP contribution >= 0.6 is 15.9 Å². The van der Waals surface area contributed by atoms with Crippen molar-refractivity contribution in [2.45, 2.75) is 18.7 Å². The van der Waals surface area contributed by atoms with Crippen LogP contribution in [0.3, 0.4) is 0 Å². The van der Waals surface area contributed by atoms with Crippen molar-refractivity contribution in [2.75, 3.05) is 11.9 Å². The van der Waals surface area contributed by atoms with Gasteiger partial charge in [0.2, 0.25) is 0 Å². The first kappa shape index (κ1) is 15.5. The van der Waals surface area contributed by atoms with E-state index in [1.54, 1.807) is 12.1 Å². The fraction of sp³-hybridized carbons (Fsp3) is 0.250. The topological polar surface area (TPSA) is 46.4 Å². The smallest absolute Gasteiger partial charge is 0.293 e. The zero-order valence-electron chi connectivity index (χ0n) is 12.0. The summed E-state index contributed by atoms with van der Waals surface area (Å²) in [5.74, 6) is 0. The number of nitrogens with zero attached hydrogens (tertiary/aromatic N) is 2. The molecule has 2 aromatic carbocycles. The lowest BCUT2D eigenvalue weighted by molar-refractivity contribution is -0.384. The standard InChI is InChI=1S/C16H17BrN2O2/c1-3-12-4-7-14(8-5-12)18(2)15-9-6-13(11-17)10-16(15)19(20)21/h4-10H,3,11H2,1-2H3. The molecular formula is C16H17BrN2O2. The molecule has 0 unspecified atom stereocenters. The Labute approximate surface area is 132 Å². The number of nitro groups is 1. The average Bonchev–Trinajstić information content (AvgIpc) is 2.53. The molecule has 0 N–H and O–H groups in total. The maximum Gasteiger partial charge on any atom is 0.293 e. The Kier molecular flexibility index (Phi) is 4.96. The van der Waals surface area contributed by atoms with Gasteiger partial charge in [0, 0.05) is 24.1 Å². The lowest BCUT2D eigenvalue weighted by Gasteiger charge is -2.20. The number of anilines is 2. The second kappa shape index (κ2) is 6.72. The molecule has 5 heteroatoms. The number of alkyl halides is 1. The molecule has 0 heterocycles. The van der Waals surface area contributed by atoms with Crippen LogP contribution in [0.1, 0.15) is 18.1 Å². The summed E-state index contributed by atoms with van der Waals surface area (Å²) in [5, 5.41) is 11.9. The van der Waals surface area contributed by atoms with Gasteiger partial charge < -0.3 is 4.90 Å². The highest BCUT2D eigenvalue weighted by Crippen LogP contribution is 2.33. The van der Waals surface area contributed by atoms with Gasteiger partial charge in [-0.2, -0.15) is 0 Å². The monoisotopic (exact) mass is 348 g/mol. The van der Waals surface area contributed by atoms with Gasteiger partial charge in [0.15, 0.2) is 0 Å². The summed E-state index contributed by atoms with van der Waals surface area (Å²) in [4.78, 5) is 12.8. The van der Waals surface area contributed by atoms with Crippen LogP contribution in [0, 0.1) is 10.1 Å². The number of nitro benzene ring substituents is 1. The van der Waals surface area contributed by atoms with Gasteiger partial charge in [-0.25, -0.2) is 0 Å². The van der Waals surface area contributed by atoms with Crippen LogP contribution < -0.4 is 4.90 Å². The molecule has 0 spiro atoms. The van der Waals surface area contributed by atoms with Crippen molar-refractivity contribution in [1.82, 2.24) is 0 Å². The molecule has 0 radical (unpaired) electrons. The Balaban J connectivity index is 2.41. The van der Waals surface area contributed by atoms with E-state index in [0.29, 0.717) is 11.0 Å². The number of hydrogen-bond donors (Lipinski definition) is 0. The molecule has 0 aliphatic rings. The van der Waals surface area contributed by atoms with E-state index in [9.17, 15) is 10.1 Å². The van der Waals surface area contributed by atoms with E-state index >= 15 is 0 Å². The van der Waals surface area contributed by atoms with Gasteiger partial charge in [-0.3, -0.25) is 10.1 Å². The molecule has 2 aromatic rings. The third-order valence-corrected chi connectivity index (χ3v) is 4.13. The van der Waals surface area contributed by atoms with Crippen LogP contribution in [0.15, 0.2) is 42.5 Å². The van der Waals surface area contributed by atoms with E-state index in [1.807, 2.05) is 42.3 Å². The van der Waals surface area contributed by atoms with Crippen LogP contribution in [-0.2, 0) is 11.8 Å². The lowest BCUT2D eigenvalue weighted by Crippen LogP contribution is -2.11. The van der Waals surface area contributed by atoms with E-state index < -0.39 is 0 Å². The Morgan fingerprint density at radius 2 is 1.76 bits per heavy atom. The molecule has 0 aliphatic carbocycles. The van der Waals surface area contributed by atoms with E-state index in [-0.39, 0.29) is 10.6 Å². The maximum absolute atomic E-state index is 11.3. The Hall–Kier alpha value is -1.88. The van der Waals surface area contributed by atoms with E-state index in [2.05, 4.69) is 22.9 Å². The highest BCUT2D eigenvalue weighted by Gasteiger charge is 2.18. The van der Waals surface area contributed by atoms with Crippen molar-refractivity contribution < 1.29 is 4.92 Å². The van der Waals surface area contributed by atoms with E-state index in [0.717, 1.165) is 17.7 Å². The first-order valence-corrected chi connectivity index (χ1v) is 7.85. The Bertz CT molecular complexity index is 641. The van der Waals surface area contributed by atoms with Gasteiger partial charge in [0.1, 0.15) is 5.69 Å². The largest absolute Gasteiger partial charge is 0.339 e. The van der Waals surface area contributed by atoms with Gasteiger partial charge in [-0.15, -0.1) is 0 Å². The first-order chi connectivity index (χ1) is 10.1. The number of rotatable bonds is 5. The van der Waals surface area contributed by atoms with E-state index in [1.165, 1.54) is 5.56 Å². The summed E-state index contributed by atoms with van der Waals surface area (Å²) in [7, 11) is 1.84. The van der Waals surface area contributed by atoms with Crippen molar-refractivity contribution in [2.24, 2.45) is 0 Å². The predicted molar refractivity (Wildman–Crippen MR) is 89.6 cm³/mol. The number of aryl methyl sites for hydroxylation is 1. The van der Waals surface area contributed by atoms with Gasteiger partial charge in [0.25, 0.3) is 5.69 Å². The molecule has 0 saturated carbocycles. The molecular weight excluding hydrogens is 332 g/mol. The van der Waals surface area contributed by atoms with Crippen molar-refractivity contribution in [3.05, 3.63) is 63.7 Å². The van der Waals surface area contributed by atoms with Crippen LogP contribution in [0.2, 0.25) is 0 Å². The summed E-state index contributed by atoms with van der Waals surface area (Å²) in [6, 6.07) is 13.4. The molecule has 0 aromatic heterocycles. The minimum atomic E-state index is -0.335. The van der Waals surface area contributed by atoms with Crippen molar-refractivity contribution in [3.63, 3.8) is 0 Å². The molecule has 0 bridgehead atoms. The quantitative estimate of drug-likeness (QED) is 0.442. The fourth-order valence-corrected chi connectivity index (χ4v) is 2.53. The van der Waals surface area contributed by atoms with Crippen LogP contribution in [0.4, 0.5) is 17.1 Å². The highest BCUT2D eigenvalue weighted by molar-refractivity contribution is 9.08. The van der Waals surface area contributed by atoms with Gasteiger partial charge in [-0.05, 0) is 35.7 Å². The summed E-state index contributed by atoms with van der Waals surface area (Å²) in [6.07, 6.45) is 0.976.